The average Bonchev–Trinajstić information content (AvgIpc) is 3.26. The number of carbonyl (C=O) groups is 3. The highest BCUT2D eigenvalue weighted by molar-refractivity contribution is 6.35. The van der Waals surface area contributed by atoms with Crippen LogP contribution < -0.4 is 10.9 Å². The number of likely N-dealkylation sites (N-methyl/N-ethyl adjacent to an activating group) is 1. The van der Waals surface area contributed by atoms with E-state index in [0.717, 1.165) is 14.4 Å². The molecule has 1 aromatic heterocycles. The van der Waals surface area contributed by atoms with Crippen LogP contribution in [0, 0.1) is 5.82 Å². The van der Waals surface area contributed by atoms with Gasteiger partial charge in [-0.05, 0) is 49.8 Å². The van der Waals surface area contributed by atoms with Crippen molar-refractivity contribution in [1.29, 1.82) is 0 Å². The number of benzene rings is 1. The maximum atomic E-state index is 15.7. The van der Waals surface area contributed by atoms with Crippen LogP contribution in [0.4, 0.5) is 13.2 Å². The molecule has 4 aliphatic rings. The molecule has 4 heterocycles. The number of nitrogens with one attached hydrogen (secondary N) is 1. The molecule has 0 spiro atoms. The Bertz CT molecular complexity index is 1390. The monoisotopic (exact) mass is 547 g/mol. The van der Waals surface area contributed by atoms with Crippen LogP contribution in [0.2, 0.25) is 0 Å². The average molecular weight is 548 g/mol. The van der Waals surface area contributed by atoms with Crippen LogP contribution in [-0.4, -0.2) is 74.2 Å². The third-order valence-corrected chi connectivity index (χ3v) is 8.11. The molecular weight excluding hydrogens is 519 g/mol. The van der Waals surface area contributed by atoms with Gasteiger partial charge in [0, 0.05) is 20.1 Å². The summed E-state index contributed by atoms with van der Waals surface area (Å²) in [7, 11) is 1.34. The second kappa shape index (κ2) is 9.69. The molecule has 2 aromatic rings. The molecule has 2 fully saturated rings. The summed E-state index contributed by atoms with van der Waals surface area (Å²) in [5, 5.41) is 13.1. The smallest absolute Gasteiger partial charge is 0.312 e. The summed E-state index contributed by atoms with van der Waals surface area (Å²) >= 11 is 0. The van der Waals surface area contributed by atoms with E-state index in [1.807, 2.05) is 0 Å². The van der Waals surface area contributed by atoms with E-state index in [9.17, 15) is 33.1 Å². The zero-order valence-electron chi connectivity index (χ0n) is 21.3. The van der Waals surface area contributed by atoms with Crippen LogP contribution in [0.1, 0.15) is 54.0 Å². The molecule has 3 amide bonds. The number of hydrogen-bond donors (Lipinski definition) is 2. The van der Waals surface area contributed by atoms with E-state index < -0.39 is 64.5 Å². The first-order chi connectivity index (χ1) is 18.4. The zero-order chi connectivity index (χ0) is 28.1. The minimum Gasteiger partial charge on any atom is -0.501 e. The van der Waals surface area contributed by atoms with Gasteiger partial charge in [0.2, 0.25) is 5.75 Å². The summed E-state index contributed by atoms with van der Waals surface area (Å²) in [5.74, 6) is -4.33. The molecule has 0 radical (unpaired) electrons. The lowest BCUT2D eigenvalue weighted by Gasteiger charge is -2.44. The van der Waals surface area contributed by atoms with Crippen LogP contribution in [0.25, 0.3) is 0 Å². The second-order valence-corrected chi connectivity index (χ2v) is 10.5. The molecule has 1 atom stereocenters. The number of carbonyl (C=O) groups excluding carboxylic acids is 3. The SMILES string of the molecule is CN(C(=O)C(=O)N1CC[C@@H](F)C1)C12CCC(F)(CC1)Cn1c2nc(C(=O)NCc2ccc(F)cc2)c(O)c1=O. The van der Waals surface area contributed by atoms with Gasteiger partial charge >= 0.3 is 11.8 Å². The number of likely N-dealkylation sites (tertiary alicyclic amines) is 1. The first-order valence-corrected chi connectivity index (χ1v) is 12.7. The molecule has 2 N–H and O–H groups in total. The number of hydrogen-bond acceptors (Lipinski definition) is 6. The minimum absolute atomic E-state index is 0.0125. The Morgan fingerprint density at radius 1 is 1.18 bits per heavy atom. The van der Waals surface area contributed by atoms with Crippen molar-refractivity contribution >= 4 is 17.7 Å². The van der Waals surface area contributed by atoms with Gasteiger partial charge in [-0.1, -0.05) is 12.1 Å². The molecule has 2 bridgehead atoms. The molecule has 1 aromatic carbocycles. The van der Waals surface area contributed by atoms with Crippen molar-refractivity contribution < 1.29 is 32.7 Å². The van der Waals surface area contributed by atoms with Crippen LogP contribution in [0.3, 0.4) is 0 Å². The van der Waals surface area contributed by atoms with Gasteiger partial charge in [-0.3, -0.25) is 23.7 Å². The number of rotatable bonds is 4. The van der Waals surface area contributed by atoms with Gasteiger partial charge in [0.1, 0.15) is 29.0 Å². The zero-order valence-corrected chi connectivity index (χ0v) is 21.3. The lowest BCUT2D eigenvalue weighted by Crippen LogP contribution is -2.55. The molecule has 0 unspecified atom stereocenters. The van der Waals surface area contributed by atoms with Gasteiger partial charge in [-0.15, -0.1) is 0 Å². The molecule has 13 heteroatoms. The number of fused-ring (bicyclic) bond motifs is 2. The first-order valence-electron chi connectivity index (χ1n) is 12.7. The van der Waals surface area contributed by atoms with E-state index in [0.29, 0.717) is 5.56 Å². The standard InChI is InChI=1S/C26H28F3N5O5/c1-32(22(38)23(39)33-11-6-17(28)13-33)26-9-7-25(29,8-10-26)14-34-21(37)19(35)18(31-24(26)34)20(36)30-12-15-2-4-16(27)5-3-15/h2-5,17,35H,6-14H2,1H3,(H,30,36)/t17-,25?,26?/m1/s1. The molecule has 1 saturated carbocycles. The van der Waals surface area contributed by atoms with Crippen LogP contribution in [-0.2, 0) is 28.2 Å². The Kier molecular flexibility index (Phi) is 6.63. The molecule has 1 aliphatic carbocycles. The van der Waals surface area contributed by atoms with Crippen molar-refractivity contribution in [3.05, 3.63) is 57.5 Å². The largest absolute Gasteiger partial charge is 0.501 e. The predicted molar refractivity (Wildman–Crippen MR) is 131 cm³/mol. The van der Waals surface area contributed by atoms with E-state index in [-0.39, 0.29) is 57.6 Å². The second-order valence-electron chi connectivity index (χ2n) is 10.5. The quantitative estimate of drug-likeness (QED) is 0.560. The van der Waals surface area contributed by atoms with E-state index in [2.05, 4.69) is 10.3 Å². The fourth-order valence-corrected chi connectivity index (χ4v) is 5.71. The Morgan fingerprint density at radius 3 is 2.46 bits per heavy atom. The van der Waals surface area contributed by atoms with Crippen molar-refractivity contribution in [2.45, 2.75) is 62.6 Å². The lowest BCUT2D eigenvalue weighted by atomic mass is 9.75. The van der Waals surface area contributed by atoms with Crippen molar-refractivity contribution in [3.63, 3.8) is 0 Å². The molecular formula is C26H28F3N5O5. The summed E-state index contributed by atoms with van der Waals surface area (Å²) in [6.07, 6.45) is -1.19. The normalized spacial score (nSPS) is 25.6. The van der Waals surface area contributed by atoms with Gasteiger partial charge in [0.15, 0.2) is 5.69 Å². The van der Waals surface area contributed by atoms with Crippen molar-refractivity contribution in [3.8, 4) is 5.75 Å². The van der Waals surface area contributed by atoms with Crippen LogP contribution in [0.15, 0.2) is 29.1 Å². The third-order valence-electron chi connectivity index (χ3n) is 8.11. The number of nitrogens with zero attached hydrogens (tertiary/aromatic N) is 4. The van der Waals surface area contributed by atoms with Crippen LogP contribution in [0.5, 0.6) is 5.75 Å². The Labute approximate surface area is 221 Å². The van der Waals surface area contributed by atoms with E-state index in [1.165, 1.54) is 31.3 Å². The fraction of sp³-hybridized carbons (Fsp3) is 0.500. The molecule has 39 heavy (non-hydrogen) atoms. The predicted octanol–water partition coefficient (Wildman–Crippen LogP) is 1.54. The minimum atomic E-state index is -1.82. The highest BCUT2D eigenvalue weighted by Gasteiger charge is 2.55. The first kappa shape index (κ1) is 26.7. The molecule has 1 saturated heterocycles. The molecule has 10 nitrogen and oxygen atoms in total. The summed E-state index contributed by atoms with van der Waals surface area (Å²) in [5.41, 5.74) is -4.35. The fourth-order valence-electron chi connectivity index (χ4n) is 5.71. The number of aromatic nitrogens is 2. The van der Waals surface area contributed by atoms with Gasteiger partial charge in [0.25, 0.3) is 11.5 Å². The maximum Gasteiger partial charge on any atom is 0.312 e. The molecule has 6 rings (SSSR count). The van der Waals surface area contributed by atoms with E-state index in [1.54, 1.807) is 0 Å². The summed E-state index contributed by atoms with van der Waals surface area (Å²) in [4.78, 5) is 59.0. The summed E-state index contributed by atoms with van der Waals surface area (Å²) in [6, 6.07) is 5.32. The lowest BCUT2D eigenvalue weighted by molar-refractivity contribution is -0.156. The van der Waals surface area contributed by atoms with Gasteiger partial charge in [0.05, 0.1) is 13.1 Å². The van der Waals surface area contributed by atoms with Crippen molar-refractivity contribution in [1.82, 2.24) is 24.7 Å². The van der Waals surface area contributed by atoms with Crippen LogP contribution >= 0.6 is 0 Å². The Hall–Kier alpha value is -3.90. The topological polar surface area (TPSA) is 125 Å². The number of aromatic hydroxyl groups is 1. The Morgan fingerprint density at radius 2 is 1.85 bits per heavy atom. The molecule has 208 valence electrons. The number of halogens is 3. The third kappa shape index (κ3) is 4.63. The van der Waals surface area contributed by atoms with Gasteiger partial charge < -0.3 is 20.2 Å². The van der Waals surface area contributed by atoms with Crippen molar-refractivity contribution in [2.24, 2.45) is 0 Å². The van der Waals surface area contributed by atoms with E-state index >= 15 is 4.39 Å². The Balaban J connectivity index is 1.51. The van der Waals surface area contributed by atoms with Gasteiger partial charge in [-0.25, -0.2) is 18.2 Å². The van der Waals surface area contributed by atoms with E-state index in [4.69, 9.17) is 0 Å². The van der Waals surface area contributed by atoms with Gasteiger partial charge in [-0.2, -0.15) is 0 Å². The molecule has 3 aliphatic heterocycles. The highest BCUT2D eigenvalue weighted by atomic mass is 19.1. The summed E-state index contributed by atoms with van der Waals surface area (Å²) < 4.78 is 43.5. The highest BCUT2D eigenvalue weighted by Crippen LogP contribution is 2.49. The maximum absolute atomic E-state index is 15.7. The summed E-state index contributed by atoms with van der Waals surface area (Å²) in [6.45, 7) is -0.622. The number of alkyl halides is 2. The number of amides is 3. The van der Waals surface area contributed by atoms with Crippen molar-refractivity contribution in [2.75, 3.05) is 20.1 Å².